The van der Waals surface area contributed by atoms with Crippen LogP contribution in [0.1, 0.15) is 91.9 Å². The maximum absolute atomic E-state index is 6.01. The molecule has 0 fully saturated rings. The molecule has 0 aromatic rings. The van der Waals surface area contributed by atoms with Gasteiger partial charge in [-0.3, -0.25) is 0 Å². The third kappa shape index (κ3) is 9.63. The van der Waals surface area contributed by atoms with Crippen LogP contribution in [0.5, 0.6) is 0 Å². The Morgan fingerprint density at radius 2 is 1.41 bits per heavy atom. The van der Waals surface area contributed by atoms with Gasteiger partial charge in [-0.1, -0.05) is 51.5 Å². The van der Waals surface area contributed by atoms with Crippen molar-refractivity contribution in [2.45, 2.75) is 97.7 Å². The van der Waals surface area contributed by atoms with Crippen molar-refractivity contribution in [3.05, 3.63) is 12.7 Å². The molecular weight excluding hydrogens is 272 g/mol. The van der Waals surface area contributed by atoms with Crippen molar-refractivity contribution in [1.82, 2.24) is 0 Å². The second kappa shape index (κ2) is 14.3. The van der Waals surface area contributed by atoms with Gasteiger partial charge in [0.1, 0.15) is 0 Å². The van der Waals surface area contributed by atoms with E-state index in [1.54, 1.807) is 0 Å². The first-order valence-corrected chi connectivity index (χ1v) is 9.53. The molecule has 2 nitrogen and oxygen atoms in total. The largest absolute Gasteiger partial charge is 0.350 e. The van der Waals surface area contributed by atoms with Crippen LogP contribution >= 0.6 is 0 Å². The lowest BCUT2D eigenvalue weighted by Crippen LogP contribution is -2.41. The Morgan fingerprint density at radius 3 is 1.95 bits per heavy atom. The van der Waals surface area contributed by atoms with Crippen LogP contribution in [0.25, 0.3) is 0 Å². The molecule has 0 aromatic heterocycles. The van der Waals surface area contributed by atoms with Crippen molar-refractivity contribution >= 4 is 0 Å². The summed E-state index contributed by atoms with van der Waals surface area (Å²) in [5.74, 6) is 0.0622. The second-order valence-corrected chi connectivity index (χ2v) is 6.35. The molecule has 0 saturated carbocycles. The van der Waals surface area contributed by atoms with Crippen molar-refractivity contribution in [3.63, 3.8) is 0 Å². The standard InChI is InChI=1S/C20H40O2/c1-6-10-12-13-14-16-18-19(17-15-11-7-2)20(5,21-8-3)22-9-4/h7,19H,2,6,8-18H2,1,3-5H3/t19-/m0/s1. The second-order valence-electron chi connectivity index (χ2n) is 6.35. The number of ether oxygens (including phenoxy) is 2. The summed E-state index contributed by atoms with van der Waals surface area (Å²) in [5.41, 5.74) is 0. The number of allylic oxidation sites excluding steroid dienone is 1. The highest BCUT2D eigenvalue weighted by Gasteiger charge is 2.34. The smallest absolute Gasteiger partial charge is 0.168 e. The monoisotopic (exact) mass is 312 g/mol. The van der Waals surface area contributed by atoms with Gasteiger partial charge in [0, 0.05) is 19.1 Å². The normalized spacial score (nSPS) is 13.3. The van der Waals surface area contributed by atoms with Gasteiger partial charge in [0.25, 0.3) is 0 Å². The molecule has 0 bridgehead atoms. The third-order valence-electron chi connectivity index (χ3n) is 4.47. The summed E-state index contributed by atoms with van der Waals surface area (Å²) in [6, 6.07) is 0. The van der Waals surface area contributed by atoms with Gasteiger partial charge in [0.15, 0.2) is 5.79 Å². The molecule has 0 aliphatic rings. The summed E-state index contributed by atoms with van der Waals surface area (Å²) in [6.45, 7) is 13.8. The Hall–Kier alpha value is -0.340. The minimum atomic E-state index is -0.423. The van der Waals surface area contributed by atoms with E-state index in [0.717, 1.165) is 12.8 Å². The first-order valence-electron chi connectivity index (χ1n) is 9.53. The molecule has 0 amide bonds. The molecule has 22 heavy (non-hydrogen) atoms. The van der Waals surface area contributed by atoms with E-state index in [1.165, 1.54) is 51.4 Å². The van der Waals surface area contributed by atoms with E-state index in [1.807, 2.05) is 6.08 Å². The van der Waals surface area contributed by atoms with E-state index in [-0.39, 0.29) is 0 Å². The first kappa shape index (κ1) is 21.7. The van der Waals surface area contributed by atoms with Gasteiger partial charge in [-0.05, 0) is 46.5 Å². The lowest BCUT2D eigenvalue weighted by molar-refractivity contribution is -0.254. The Morgan fingerprint density at radius 1 is 0.864 bits per heavy atom. The number of hydrogen-bond acceptors (Lipinski definition) is 2. The van der Waals surface area contributed by atoms with Crippen molar-refractivity contribution < 1.29 is 9.47 Å². The SMILES string of the molecule is C=CCCC[C@@H](CCCCCCCC)C(C)(OCC)OCC. The van der Waals surface area contributed by atoms with Crippen LogP contribution in [0.3, 0.4) is 0 Å². The van der Waals surface area contributed by atoms with Crippen LogP contribution < -0.4 is 0 Å². The summed E-state index contributed by atoms with van der Waals surface area (Å²) in [6.07, 6.45) is 14.7. The van der Waals surface area contributed by atoms with E-state index >= 15 is 0 Å². The molecule has 0 saturated heterocycles. The molecule has 1 atom stereocenters. The lowest BCUT2D eigenvalue weighted by Gasteiger charge is -2.37. The summed E-state index contributed by atoms with van der Waals surface area (Å²) < 4.78 is 12.0. The first-order chi connectivity index (χ1) is 10.6. The summed E-state index contributed by atoms with van der Waals surface area (Å²) in [4.78, 5) is 0. The van der Waals surface area contributed by atoms with Gasteiger partial charge in [0.05, 0.1) is 0 Å². The Bertz CT molecular complexity index is 244. The molecule has 132 valence electrons. The number of rotatable bonds is 16. The fourth-order valence-corrected chi connectivity index (χ4v) is 3.20. The Balaban J connectivity index is 4.40. The van der Waals surface area contributed by atoms with Gasteiger partial charge in [0.2, 0.25) is 0 Å². The molecule has 0 aromatic carbocycles. The molecule has 0 aliphatic carbocycles. The van der Waals surface area contributed by atoms with Crippen LogP contribution in [-0.4, -0.2) is 19.0 Å². The molecule has 0 aliphatic heterocycles. The minimum Gasteiger partial charge on any atom is -0.350 e. The fraction of sp³-hybridized carbons (Fsp3) is 0.900. The van der Waals surface area contributed by atoms with Crippen LogP contribution in [-0.2, 0) is 9.47 Å². The Kier molecular flexibility index (Phi) is 14.0. The van der Waals surface area contributed by atoms with E-state index in [4.69, 9.17) is 9.47 Å². The quantitative estimate of drug-likeness (QED) is 0.184. The molecule has 0 rings (SSSR count). The van der Waals surface area contributed by atoms with Crippen molar-refractivity contribution in [3.8, 4) is 0 Å². The molecule has 0 heterocycles. The lowest BCUT2D eigenvalue weighted by atomic mass is 9.88. The maximum atomic E-state index is 6.01. The predicted octanol–water partition coefficient (Wildman–Crippen LogP) is 6.50. The van der Waals surface area contributed by atoms with Crippen LogP contribution in [0.15, 0.2) is 12.7 Å². The van der Waals surface area contributed by atoms with Crippen LogP contribution in [0.2, 0.25) is 0 Å². The zero-order chi connectivity index (χ0) is 16.7. The summed E-state index contributed by atoms with van der Waals surface area (Å²) in [7, 11) is 0. The topological polar surface area (TPSA) is 18.5 Å². The number of hydrogen-bond donors (Lipinski definition) is 0. The van der Waals surface area contributed by atoms with E-state index in [9.17, 15) is 0 Å². The Labute approximate surface area is 139 Å². The molecule has 0 radical (unpaired) electrons. The van der Waals surface area contributed by atoms with Gasteiger partial charge in [-0.25, -0.2) is 0 Å². The molecule has 2 heteroatoms. The van der Waals surface area contributed by atoms with Crippen molar-refractivity contribution in [1.29, 1.82) is 0 Å². The molecule has 0 unspecified atom stereocenters. The highest BCUT2D eigenvalue weighted by atomic mass is 16.7. The van der Waals surface area contributed by atoms with Gasteiger partial charge >= 0.3 is 0 Å². The molecular formula is C20H40O2. The zero-order valence-corrected chi connectivity index (χ0v) is 15.7. The zero-order valence-electron chi connectivity index (χ0n) is 15.7. The van der Waals surface area contributed by atoms with Gasteiger partial charge < -0.3 is 9.47 Å². The van der Waals surface area contributed by atoms with Crippen LogP contribution in [0.4, 0.5) is 0 Å². The average Bonchev–Trinajstić information content (AvgIpc) is 2.49. The summed E-state index contributed by atoms with van der Waals surface area (Å²) in [5, 5.41) is 0. The maximum Gasteiger partial charge on any atom is 0.168 e. The fourth-order valence-electron chi connectivity index (χ4n) is 3.20. The highest BCUT2D eigenvalue weighted by Crippen LogP contribution is 2.32. The van der Waals surface area contributed by atoms with Crippen LogP contribution in [0, 0.1) is 5.92 Å². The molecule has 0 N–H and O–H groups in total. The van der Waals surface area contributed by atoms with Gasteiger partial charge in [-0.15, -0.1) is 6.58 Å². The summed E-state index contributed by atoms with van der Waals surface area (Å²) >= 11 is 0. The molecule has 0 spiro atoms. The van der Waals surface area contributed by atoms with E-state index in [2.05, 4.69) is 34.3 Å². The minimum absolute atomic E-state index is 0.423. The third-order valence-corrected chi connectivity index (χ3v) is 4.47. The van der Waals surface area contributed by atoms with E-state index in [0.29, 0.717) is 19.1 Å². The van der Waals surface area contributed by atoms with Gasteiger partial charge in [-0.2, -0.15) is 0 Å². The van der Waals surface area contributed by atoms with Crippen molar-refractivity contribution in [2.24, 2.45) is 5.92 Å². The highest BCUT2D eigenvalue weighted by molar-refractivity contribution is 4.78. The van der Waals surface area contributed by atoms with Crippen molar-refractivity contribution in [2.75, 3.05) is 13.2 Å². The number of unbranched alkanes of at least 4 members (excludes halogenated alkanes) is 6. The van der Waals surface area contributed by atoms with E-state index < -0.39 is 5.79 Å². The predicted molar refractivity (Wildman–Crippen MR) is 97.2 cm³/mol. The average molecular weight is 313 g/mol.